The Kier molecular flexibility index (Phi) is 6.68. The first-order chi connectivity index (χ1) is 9.80. The van der Waals surface area contributed by atoms with Gasteiger partial charge in [-0.3, -0.25) is 4.79 Å². The van der Waals surface area contributed by atoms with Gasteiger partial charge in [0.1, 0.15) is 0 Å². The molecule has 0 aliphatic rings. The Morgan fingerprint density at radius 1 is 1.29 bits per heavy atom. The third-order valence-corrected chi connectivity index (χ3v) is 5.67. The fourth-order valence-corrected chi connectivity index (χ4v) is 3.57. The van der Waals surface area contributed by atoms with E-state index in [9.17, 15) is 13.2 Å². The van der Waals surface area contributed by atoms with Crippen molar-refractivity contribution in [3.63, 3.8) is 0 Å². The number of carbonyl (C=O) groups excluding carboxylic acids is 1. The summed E-state index contributed by atoms with van der Waals surface area (Å²) in [6.07, 6.45) is 0.185. The summed E-state index contributed by atoms with van der Waals surface area (Å²) in [5.41, 5.74) is 0.758. The molecule has 6 heteroatoms. The van der Waals surface area contributed by atoms with Crippen LogP contribution in [0.2, 0.25) is 5.02 Å². The van der Waals surface area contributed by atoms with E-state index < -0.39 is 9.84 Å². The summed E-state index contributed by atoms with van der Waals surface area (Å²) in [7, 11) is -3.11. The monoisotopic (exact) mass is 331 g/mol. The van der Waals surface area contributed by atoms with E-state index in [2.05, 4.69) is 0 Å². The summed E-state index contributed by atoms with van der Waals surface area (Å²) in [6.45, 7) is 5.70. The summed E-state index contributed by atoms with van der Waals surface area (Å²) in [5.74, 6) is -0.0245. The quantitative estimate of drug-likeness (QED) is 0.771. The second-order valence-electron chi connectivity index (χ2n) is 5.00. The molecule has 0 N–H and O–H groups in total. The Morgan fingerprint density at radius 3 is 2.43 bits per heavy atom. The van der Waals surface area contributed by atoms with Gasteiger partial charge in [-0.1, -0.05) is 36.7 Å². The van der Waals surface area contributed by atoms with Crippen LogP contribution >= 0.6 is 11.6 Å². The van der Waals surface area contributed by atoms with Crippen LogP contribution in [0.15, 0.2) is 24.3 Å². The van der Waals surface area contributed by atoms with Crippen LogP contribution in [-0.4, -0.2) is 43.3 Å². The van der Waals surface area contributed by atoms with Crippen LogP contribution in [0.4, 0.5) is 0 Å². The largest absolute Gasteiger partial charge is 0.339 e. The summed E-state index contributed by atoms with van der Waals surface area (Å²) < 4.78 is 23.4. The van der Waals surface area contributed by atoms with Crippen LogP contribution < -0.4 is 0 Å². The third-order valence-electron chi connectivity index (χ3n) is 3.43. The Morgan fingerprint density at radius 2 is 1.90 bits per heavy atom. The van der Waals surface area contributed by atoms with Crippen molar-refractivity contribution in [2.45, 2.75) is 33.2 Å². The highest BCUT2D eigenvalue weighted by atomic mass is 35.5. The van der Waals surface area contributed by atoms with Crippen LogP contribution in [0.25, 0.3) is 0 Å². The molecule has 0 aliphatic carbocycles. The van der Waals surface area contributed by atoms with Crippen LogP contribution in [0.3, 0.4) is 0 Å². The molecule has 118 valence electrons. The van der Waals surface area contributed by atoms with Crippen LogP contribution in [-0.2, 0) is 21.1 Å². The molecular formula is C15H22ClNO3S. The predicted octanol–water partition coefficient (Wildman–Crippen LogP) is 2.55. The van der Waals surface area contributed by atoms with Crippen molar-refractivity contribution in [1.29, 1.82) is 0 Å². The van der Waals surface area contributed by atoms with Crippen molar-refractivity contribution in [3.8, 4) is 0 Å². The average molecular weight is 332 g/mol. The zero-order chi connectivity index (χ0) is 16.0. The summed E-state index contributed by atoms with van der Waals surface area (Å²) in [6, 6.07) is 6.85. The molecule has 0 fully saturated rings. The van der Waals surface area contributed by atoms with E-state index >= 15 is 0 Å². The van der Waals surface area contributed by atoms with Gasteiger partial charge in [0.2, 0.25) is 5.91 Å². The lowest BCUT2D eigenvalue weighted by Gasteiger charge is -2.28. The minimum absolute atomic E-state index is 0.00833. The summed E-state index contributed by atoms with van der Waals surface area (Å²) >= 11 is 6.06. The second kappa shape index (κ2) is 7.80. The van der Waals surface area contributed by atoms with Crippen LogP contribution in [0, 0.1) is 0 Å². The predicted molar refractivity (Wildman–Crippen MR) is 86.3 cm³/mol. The van der Waals surface area contributed by atoms with Crippen LogP contribution in [0.1, 0.15) is 26.3 Å². The van der Waals surface area contributed by atoms with Crippen LogP contribution in [0.5, 0.6) is 0 Å². The van der Waals surface area contributed by atoms with Gasteiger partial charge in [-0.05, 0) is 25.5 Å². The molecule has 0 heterocycles. The van der Waals surface area contributed by atoms with E-state index in [-0.39, 0.29) is 29.9 Å². The maximum absolute atomic E-state index is 12.4. The topological polar surface area (TPSA) is 54.5 Å². The van der Waals surface area contributed by atoms with Crippen molar-refractivity contribution in [3.05, 3.63) is 34.9 Å². The lowest BCUT2D eigenvalue weighted by Crippen LogP contribution is -2.43. The number of rotatable bonds is 7. The Balaban J connectivity index is 2.80. The van der Waals surface area contributed by atoms with Crippen molar-refractivity contribution in [2.24, 2.45) is 0 Å². The van der Waals surface area contributed by atoms with Gasteiger partial charge in [-0.25, -0.2) is 8.42 Å². The first kappa shape index (κ1) is 18.0. The zero-order valence-electron chi connectivity index (χ0n) is 12.7. The molecule has 0 spiro atoms. The second-order valence-corrected chi connectivity index (χ2v) is 7.80. The van der Waals surface area contributed by atoms with E-state index in [1.54, 1.807) is 24.8 Å². The lowest BCUT2D eigenvalue weighted by atomic mass is 10.1. The minimum atomic E-state index is -3.11. The first-order valence-electron chi connectivity index (χ1n) is 7.04. The van der Waals surface area contributed by atoms with Gasteiger partial charge in [0.25, 0.3) is 0 Å². The SMILES string of the molecule is CCN(C(=O)Cc1ccccc1Cl)[C@@H](C)CS(=O)(=O)CC. The van der Waals surface area contributed by atoms with E-state index in [1.165, 1.54) is 0 Å². The number of halogens is 1. The molecule has 0 radical (unpaired) electrons. The van der Waals surface area contributed by atoms with Crippen molar-refractivity contribution < 1.29 is 13.2 Å². The molecule has 0 saturated heterocycles. The first-order valence-corrected chi connectivity index (χ1v) is 9.24. The molecule has 0 aliphatic heterocycles. The molecule has 0 saturated carbocycles. The van der Waals surface area contributed by atoms with Gasteiger partial charge >= 0.3 is 0 Å². The van der Waals surface area contributed by atoms with Gasteiger partial charge in [-0.15, -0.1) is 0 Å². The van der Waals surface area contributed by atoms with Gasteiger partial charge < -0.3 is 4.90 Å². The van der Waals surface area contributed by atoms with Crippen molar-refractivity contribution in [1.82, 2.24) is 4.90 Å². The lowest BCUT2D eigenvalue weighted by molar-refractivity contribution is -0.131. The fourth-order valence-electron chi connectivity index (χ4n) is 2.22. The molecule has 0 aromatic heterocycles. The highest BCUT2D eigenvalue weighted by molar-refractivity contribution is 7.91. The molecule has 1 aromatic rings. The number of likely N-dealkylation sites (N-methyl/N-ethyl adjacent to an activating group) is 1. The van der Waals surface area contributed by atoms with Gasteiger partial charge in [0.15, 0.2) is 9.84 Å². The molecule has 1 rings (SSSR count). The Labute approximate surface area is 132 Å². The number of sulfone groups is 1. The van der Waals surface area contributed by atoms with E-state index in [0.29, 0.717) is 11.6 Å². The molecule has 1 amide bonds. The average Bonchev–Trinajstić information content (AvgIpc) is 2.41. The Bertz CT molecular complexity index is 586. The zero-order valence-corrected chi connectivity index (χ0v) is 14.2. The summed E-state index contributed by atoms with van der Waals surface area (Å²) in [4.78, 5) is 14.0. The normalized spacial score (nSPS) is 13.0. The number of carbonyl (C=O) groups is 1. The third kappa shape index (κ3) is 5.32. The van der Waals surface area contributed by atoms with E-state index in [0.717, 1.165) is 5.56 Å². The van der Waals surface area contributed by atoms with E-state index in [1.807, 2.05) is 25.1 Å². The molecule has 1 atom stereocenters. The highest BCUT2D eigenvalue weighted by Crippen LogP contribution is 2.17. The molecule has 4 nitrogen and oxygen atoms in total. The van der Waals surface area contributed by atoms with E-state index in [4.69, 9.17) is 11.6 Å². The highest BCUT2D eigenvalue weighted by Gasteiger charge is 2.23. The number of nitrogens with zero attached hydrogens (tertiary/aromatic N) is 1. The maximum Gasteiger partial charge on any atom is 0.227 e. The van der Waals surface area contributed by atoms with Crippen molar-refractivity contribution in [2.75, 3.05) is 18.1 Å². The standard InChI is InChI=1S/C15H22ClNO3S/c1-4-17(12(3)11-21(19,20)5-2)15(18)10-13-8-6-7-9-14(13)16/h6-9,12H,4-5,10-11H2,1-3H3/t12-/m0/s1. The fraction of sp³-hybridized carbons (Fsp3) is 0.533. The van der Waals surface area contributed by atoms with Gasteiger partial charge in [0, 0.05) is 23.4 Å². The minimum Gasteiger partial charge on any atom is -0.339 e. The number of hydrogen-bond acceptors (Lipinski definition) is 3. The molecular weight excluding hydrogens is 310 g/mol. The number of benzene rings is 1. The number of hydrogen-bond donors (Lipinski definition) is 0. The summed E-state index contributed by atoms with van der Waals surface area (Å²) in [5, 5.41) is 0.552. The maximum atomic E-state index is 12.4. The van der Waals surface area contributed by atoms with Crippen molar-refractivity contribution >= 4 is 27.3 Å². The van der Waals surface area contributed by atoms with Gasteiger partial charge in [-0.2, -0.15) is 0 Å². The Hall–Kier alpha value is -1.07. The smallest absolute Gasteiger partial charge is 0.227 e. The molecule has 0 unspecified atom stereocenters. The van der Waals surface area contributed by atoms with Gasteiger partial charge in [0.05, 0.1) is 12.2 Å². The molecule has 21 heavy (non-hydrogen) atoms. The molecule has 0 bridgehead atoms. The number of amides is 1. The molecule has 1 aromatic carbocycles.